The third-order valence-corrected chi connectivity index (χ3v) is 7.44. The quantitative estimate of drug-likeness (QED) is 0.716. The topological polar surface area (TPSA) is 79.0 Å². The summed E-state index contributed by atoms with van der Waals surface area (Å²) in [5.74, 6) is 0.162. The standard InChI is InChI=1S/C25H34ClN3O4/c1-24(2,3)33-23(32)27-16-25(17-6-4-7-18(26)14-17)11-9-19(10-12-25)29-15-21(30)28-13-5-8-20(28)22(29)31/h4,6-7,14,19-20H,5,8-13,15-16H2,1-3H3,(H,27,32)/t19?,20-,25?/m0/s1. The Morgan fingerprint density at radius 2 is 1.91 bits per heavy atom. The highest BCUT2D eigenvalue weighted by atomic mass is 35.5. The first-order valence-corrected chi connectivity index (χ1v) is 12.3. The first-order valence-electron chi connectivity index (χ1n) is 11.9. The second-order valence-corrected chi connectivity index (χ2v) is 11.0. The van der Waals surface area contributed by atoms with Gasteiger partial charge in [0.2, 0.25) is 11.8 Å². The van der Waals surface area contributed by atoms with Crippen molar-refractivity contribution in [2.75, 3.05) is 19.6 Å². The number of benzene rings is 1. The molecule has 3 aliphatic rings. The maximum absolute atomic E-state index is 13.1. The number of hydrogen-bond acceptors (Lipinski definition) is 4. The highest BCUT2D eigenvalue weighted by Gasteiger charge is 2.46. The van der Waals surface area contributed by atoms with Crippen LogP contribution >= 0.6 is 11.6 Å². The number of halogens is 1. The van der Waals surface area contributed by atoms with Gasteiger partial charge in [0.1, 0.15) is 18.2 Å². The maximum atomic E-state index is 13.1. The molecule has 1 aliphatic carbocycles. The molecule has 0 spiro atoms. The lowest BCUT2D eigenvalue weighted by molar-refractivity contribution is -0.156. The van der Waals surface area contributed by atoms with E-state index in [0.717, 1.165) is 44.1 Å². The van der Waals surface area contributed by atoms with Gasteiger partial charge in [-0.15, -0.1) is 0 Å². The zero-order valence-corrected chi connectivity index (χ0v) is 20.5. The van der Waals surface area contributed by atoms with Crippen LogP contribution in [0.4, 0.5) is 4.79 Å². The summed E-state index contributed by atoms with van der Waals surface area (Å²) < 4.78 is 5.44. The summed E-state index contributed by atoms with van der Waals surface area (Å²) in [6.45, 7) is 6.83. The van der Waals surface area contributed by atoms with Crippen molar-refractivity contribution >= 4 is 29.5 Å². The minimum Gasteiger partial charge on any atom is -0.444 e. The molecule has 1 aromatic carbocycles. The van der Waals surface area contributed by atoms with E-state index >= 15 is 0 Å². The minimum absolute atomic E-state index is 0.0398. The summed E-state index contributed by atoms with van der Waals surface area (Å²) >= 11 is 6.31. The van der Waals surface area contributed by atoms with Crippen LogP contribution < -0.4 is 5.32 Å². The Bertz CT molecular complexity index is 920. The Labute approximate surface area is 200 Å². The highest BCUT2D eigenvalue weighted by Crippen LogP contribution is 2.42. The van der Waals surface area contributed by atoms with Crippen LogP contribution in [0.3, 0.4) is 0 Å². The van der Waals surface area contributed by atoms with E-state index < -0.39 is 11.7 Å². The van der Waals surface area contributed by atoms with Crippen molar-refractivity contribution in [3.05, 3.63) is 34.9 Å². The molecule has 1 saturated carbocycles. The molecule has 3 fully saturated rings. The molecule has 7 nitrogen and oxygen atoms in total. The Morgan fingerprint density at radius 3 is 2.58 bits per heavy atom. The highest BCUT2D eigenvalue weighted by molar-refractivity contribution is 6.30. The second kappa shape index (κ2) is 9.16. The van der Waals surface area contributed by atoms with Crippen LogP contribution in [0.25, 0.3) is 0 Å². The molecule has 3 amide bonds. The summed E-state index contributed by atoms with van der Waals surface area (Å²) in [6, 6.07) is 7.55. The van der Waals surface area contributed by atoms with Gasteiger partial charge in [0, 0.05) is 29.6 Å². The second-order valence-electron chi connectivity index (χ2n) is 10.6. The molecule has 0 unspecified atom stereocenters. The number of nitrogens with one attached hydrogen (secondary N) is 1. The first-order chi connectivity index (χ1) is 15.6. The SMILES string of the molecule is CC(C)(C)OC(=O)NCC1(c2cccc(Cl)c2)CCC(N2CC(=O)N3CCC[C@H]3C2=O)CC1. The van der Waals surface area contributed by atoms with E-state index in [1.807, 2.05) is 43.9 Å². The lowest BCUT2D eigenvalue weighted by Gasteiger charge is -2.46. The molecule has 1 N–H and O–H groups in total. The van der Waals surface area contributed by atoms with E-state index in [1.54, 1.807) is 4.90 Å². The number of piperazine rings is 1. The van der Waals surface area contributed by atoms with Crippen molar-refractivity contribution in [3.63, 3.8) is 0 Å². The number of fused-ring (bicyclic) bond motifs is 1. The van der Waals surface area contributed by atoms with Crippen LogP contribution in [0.2, 0.25) is 5.02 Å². The minimum atomic E-state index is -0.569. The van der Waals surface area contributed by atoms with Crippen LogP contribution in [0.15, 0.2) is 24.3 Å². The van der Waals surface area contributed by atoms with Gasteiger partial charge in [-0.25, -0.2) is 4.79 Å². The Balaban J connectivity index is 1.48. The molecule has 0 bridgehead atoms. The van der Waals surface area contributed by atoms with Gasteiger partial charge in [-0.05, 0) is 77.0 Å². The van der Waals surface area contributed by atoms with Crippen LogP contribution in [0, 0.1) is 0 Å². The predicted molar refractivity (Wildman–Crippen MR) is 126 cm³/mol. The van der Waals surface area contributed by atoms with E-state index in [4.69, 9.17) is 16.3 Å². The molecule has 8 heteroatoms. The number of ether oxygens (including phenoxy) is 1. The summed E-state index contributed by atoms with van der Waals surface area (Å²) in [5, 5.41) is 3.62. The lowest BCUT2D eigenvalue weighted by Crippen LogP contribution is -2.61. The van der Waals surface area contributed by atoms with Gasteiger partial charge in [-0.1, -0.05) is 23.7 Å². The Morgan fingerprint density at radius 1 is 1.18 bits per heavy atom. The molecule has 0 radical (unpaired) electrons. The number of carbonyl (C=O) groups is 3. The molecule has 1 aromatic rings. The first kappa shape index (κ1) is 23.9. The fraction of sp³-hybridized carbons (Fsp3) is 0.640. The van der Waals surface area contributed by atoms with Gasteiger partial charge >= 0.3 is 6.09 Å². The molecule has 2 heterocycles. The molecule has 180 valence electrons. The Hall–Kier alpha value is -2.28. The summed E-state index contributed by atoms with van der Waals surface area (Å²) in [7, 11) is 0. The summed E-state index contributed by atoms with van der Waals surface area (Å²) in [5.41, 5.74) is 0.202. The molecule has 1 atom stereocenters. The number of alkyl carbamates (subject to hydrolysis) is 1. The number of hydrogen-bond donors (Lipinski definition) is 1. The van der Waals surface area contributed by atoms with E-state index in [1.165, 1.54) is 0 Å². The predicted octanol–water partition coefficient (Wildman–Crippen LogP) is 3.88. The van der Waals surface area contributed by atoms with Crippen LogP contribution in [-0.2, 0) is 19.7 Å². The fourth-order valence-electron chi connectivity index (χ4n) is 5.55. The van der Waals surface area contributed by atoms with Gasteiger partial charge in [0.15, 0.2) is 0 Å². The molecule has 2 saturated heterocycles. The van der Waals surface area contributed by atoms with E-state index in [9.17, 15) is 14.4 Å². The zero-order valence-electron chi connectivity index (χ0n) is 19.7. The van der Waals surface area contributed by atoms with E-state index in [-0.39, 0.29) is 35.9 Å². The van der Waals surface area contributed by atoms with Crippen LogP contribution in [0.1, 0.15) is 64.9 Å². The van der Waals surface area contributed by atoms with Crippen molar-refractivity contribution in [1.82, 2.24) is 15.1 Å². The van der Waals surface area contributed by atoms with Gasteiger partial charge in [0.25, 0.3) is 0 Å². The number of amides is 3. The van der Waals surface area contributed by atoms with Crippen molar-refractivity contribution in [3.8, 4) is 0 Å². The van der Waals surface area contributed by atoms with Crippen LogP contribution in [-0.4, -0.2) is 65.0 Å². The average Bonchev–Trinajstić information content (AvgIpc) is 3.25. The van der Waals surface area contributed by atoms with Gasteiger partial charge in [-0.3, -0.25) is 9.59 Å². The maximum Gasteiger partial charge on any atom is 0.407 e. The summed E-state index contributed by atoms with van der Waals surface area (Å²) in [4.78, 5) is 41.7. The van der Waals surface area contributed by atoms with Crippen LogP contribution in [0.5, 0.6) is 0 Å². The normalized spacial score (nSPS) is 28.0. The summed E-state index contributed by atoms with van der Waals surface area (Å²) in [6.07, 6.45) is 4.32. The molecule has 4 rings (SSSR count). The van der Waals surface area contributed by atoms with Crippen molar-refractivity contribution in [2.24, 2.45) is 0 Å². The molecule has 0 aromatic heterocycles. The third-order valence-electron chi connectivity index (χ3n) is 7.21. The number of nitrogens with zero attached hydrogens (tertiary/aromatic N) is 2. The molecule has 33 heavy (non-hydrogen) atoms. The van der Waals surface area contributed by atoms with Crippen molar-refractivity contribution < 1.29 is 19.1 Å². The van der Waals surface area contributed by atoms with Gasteiger partial charge in [-0.2, -0.15) is 0 Å². The number of rotatable bonds is 4. The monoisotopic (exact) mass is 475 g/mol. The third kappa shape index (κ3) is 5.13. The van der Waals surface area contributed by atoms with E-state index in [0.29, 0.717) is 18.1 Å². The zero-order chi connectivity index (χ0) is 23.8. The Kier molecular flexibility index (Phi) is 6.63. The smallest absolute Gasteiger partial charge is 0.407 e. The van der Waals surface area contributed by atoms with E-state index in [2.05, 4.69) is 11.4 Å². The van der Waals surface area contributed by atoms with Crippen molar-refractivity contribution in [2.45, 2.75) is 82.4 Å². The average molecular weight is 476 g/mol. The number of carbonyl (C=O) groups excluding carboxylic acids is 3. The van der Waals surface area contributed by atoms with Gasteiger partial charge < -0.3 is 19.9 Å². The lowest BCUT2D eigenvalue weighted by atomic mass is 9.67. The molecule has 2 aliphatic heterocycles. The largest absolute Gasteiger partial charge is 0.444 e. The van der Waals surface area contributed by atoms with Crippen molar-refractivity contribution in [1.29, 1.82) is 0 Å². The molecular formula is C25H34ClN3O4. The fourth-order valence-corrected chi connectivity index (χ4v) is 5.74. The molecular weight excluding hydrogens is 442 g/mol. The van der Waals surface area contributed by atoms with Gasteiger partial charge in [0.05, 0.1) is 0 Å².